The second kappa shape index (κ2) is 6.75. The monoisotopic (exact) mass is 270 g/mol. The quantitative estimate of drug-likeness (QED) is 0.800. The molecule has 102 valence electrons. The van der Waals surface area contributed by atoms with Crippen molar-refractivity contribution >= 4 is 15.7 Å². The lowest BCUT2D eigenvalue weighted by atomic mass is 10.2. The van der Waals surface area contributed by atoms with Crippen LogP contribution >= 0.6 is 0 Å². The zero-order valence-corrected chi connectivity index (χ0v) is 12.0. The summed E-state index contributed by atoms with van der Waals surface area (Å²) >= 11 is 0. The fourth-order valence-corrected chi connectivity index (χ4v) is 2.98. The predicted octanol–water partition coefficient (Wildman–Crippen LogP) is 2.59. The molecule has 0 saturated heterocycles. The van der Waals surface area contributed by atoms with Gasteiger partial charge in [0.1, 0.15) is 0 Å². The van der Waals surface area contributed by atoms with Gasteiger partial charge in [0.2, 0.25) is 10.0 Å². The number of hydrogen-bond acceptors (Lipinski definition) is 3. The maximum absolute atomic E-state index is 12.1. The highest BCUT2D eigenvalue weighted by Crippen LogP contribution is 2.14. The first-order valence-electron chi connectivity index (χ1n) is 6.29. The number of nitrogens with one attached hydrogen (secondary N) is 2. The Kier molecular flexibility index (Phi) is 5.62. The molecule has 0 fully saturated rings. The fourth-order valence-electron chi connectivity index (χ4n) is 1.70. The first-order chi connectivity index (χ1) is 8.49. The van der Waals surface area contributed by atoms with E-state index in [-0.39, 0.29) is 6.04 Å². The smallest absolute Gasteiger partial charge is 0.240 e. The number of rotatable bonds is 7. The summed E-state index contributed by atoms with van der Waals surface area (Å²) in [5.41, 5.74) is 0.896. The summed E-state index contributed by atoms with van der Waals surface area (Å²) in [5.74, 6) is 0. The van der Waals surface area contributed by atoms with Crippen LogP contribution in [0.1, 0.15) is 33.1 Å². The van der Waals surface area contributed by atoms with Gasteiger partial charge in [-0.1, -0.05) is 19.8 Å². The molecule has 0 spiro atoms. The van der Waals surface area contributed by atoms with E-state index >= 15 is 0 Å². The van der Waals surface area contributed by atoms with E-state index in [0.717, 1.165) is 24.9 Å². The van der Waals surface area contributed by atoms with Crippen LogP contribution in [-0.2, 0) is 10.0 Å². The maximum atomic E-state index is 12.1. The number of sulfonamides is 1. The lowest BCUT2D eigenvalue weighted by molar-refractivity contribution is 0.534. The number of benzene rings is 1. The molecular formula is C13H22N2O2S. The molecule has 0 aliphatic rings. The van der Waals surface area contributed by atoms with Gasteiger partial charge in [0.15, 0.2) is 0 Å². The molecule has 5 heteroatoms. The van der Waals surface area contributed by atoms with Gasteiger partial charge in [0, 0.05) is 18.8 Å². The van der Waals surface area contributed by atoms with E-state index in [1.54, 1.807) is 31.3 Å². The molecule has 0 bridgehead atoms. The lowest BCUT2D eigenvalue weighted by Crippen LogP contribution is -2.32. The fraction of sp³-hybridized carbons (Fsp3) is 0.538. The van der Waals surface area contributed by atoms with Gasteiger partial charge in [-0.3, -0.25) is 0 Å². The standard InChI is InChI=1S/C13H22N2O2S/c1-4-5-6-11(2)15-18(16,17)13-9-7-12(14-3)8-10-13/h7-11,14-15H,4-6H2,1-3H3. The van der Waals surface area contributed by atoms with Gasteiger partial charge >= 0.3 is 0 Å². The molecule has 0 aliphatic carbocycles. The number of unbranched alkanes of at least 4 members (excludes halogenated alkanes) is 1. The van der Waals surface area contributed by atoms with Crippen LogP contribution in [0.4, 0.5) is 5.69 Å². The molecule has 1 atom stereocenters. The third-order valence-corrected chi connectivity index (χ3v) is 4.41. The van der Waals surface area contributed by atoms with Gasteiger partial charge < -0.3 is 5.32 Å². The van der Waals surface area contributed by atoms with Crippen molar-refractivity contribution in [2.75, 3.05) is 12.4 Å². The third-order valence-electron chi connectivity index (χ3n) is 2.80. The van der Waals surface area contributed by atoms with Gasteiger partial charge in [-0.25, -0.2) is 13.1 Å². The molecule has 18 heavy (non-hydrogen) atoms. The molecule has 1 aromatic rings. The minimum atomic E-state index is -3.39. The Morgan fingerprint density at radius 1 is 1.22 bits per heavy atom. The zero-order valence-electron chi connectivity index (χ0n) is 11.2. The first kappa shape index (κ1) is 15.0. The van der Waals surface area contributed by atoms with E-state index in [0.29, 0.717) is 4.90 Å². The van der Waals surface area contributed by atoms with Crippen LogP contribution in [-0.4, -0.2) is 21.5 Å². The molecule has 2 N–H and O–H groups in total. The van der Waals surface area contributed by atoms with E-state index in [1.807, 2.05) is 6.92 Å². The highest BCUT2D eigenvalue weighted by molar-refractivity contribution is 7.89. The van der Waals surface area contributed by atoms with Crippen LogP contribution < -0.4 is 10.0 Å². The number of hydrogen-bond donors (Lipinski definition) is 2. The minimum Gasteiger partial charge on any atom is -0.388 e. The minimum absolute atomic E-state index is 0.0288. The molecule has 0 aromatic heterocycles. The molecule has 0 saturated carbocycles. The summed E-state index contributed by atoms with van der Waals surface area (Å²) < 4.78 is 26.8. The summed E-state index contributed by atoms with van der Waals surface area (Å²) in [6.07, 6.45) is 2.97. The molecule has 0 aliphatic heterocycles. The van der Waals surface area contributed by atoms with Crippen molar-refractivity contribution in [2.24, 2.45) is 0 Å². The van der Waals surface area contributed by atoms with Crippen molar-refractivity contribution in [3.63, 3.8) is 0 Å². The van der Waals surface area contributed by atoms with Crippen molar-refractivity contribution in [1.29, 1.82) is 0 Å². The summed E-state index contributed by atoms with van der Waals surface area (Å²) in [7, 11) is -1.59. The highest BCUT2D eigenvalue weighted by atomic mass is 32.2. The molecule has 1 rings (SSSR count). The van der Waals surface area contributed by atoms with Crippen LogP contribution in [0.3, 0.4) is 0 Å². The summed E-state index contributed by atoms with van der Waals surface area (Å²) in [4.78, 5) is 0.310. The van der Waals surface area contributed by atoms with E-state index in [9.17, 15) is 8.42 Å². The average molecular weight is 270 g/mol. The van der Waals surface area contributed by atoms with Crippen LogP contribution in [0.15, 0.2) is 29.2 Å². The van der Waals surface area contributed by atoms with E-state index < -0.39 is 10.0 Å². The average Bonchev–Trinajstić information content (AvgIpc) is 2.36. The van der Waals surface area contributed by atoms with Crippen LogP contribution in [0.2, 0.25) is 0 Å². The summed E-state index contributed by atoms with van der Waals surface area (Å²) in [5, 5.41) is 2.96. The second-order valence-corrected chi connectivity index (χ2v) is 6.15. The van der Waals surface area contributed by atoms with Crippen molar-refractivity contribution in [3.05, 3.63) is 24.3 Å². The first-order valence-corrected chi connectivity index (χ1v) is 7.78. The van der Waals surface area contributed by atoms with E-state index in [2.05, 4.69) is 17.0 Å². The Bertz CT molecular complexity index is 454. The van der Waals surface area contributed by atoms with E-state index in [1.165, 1.54) is 0 Å². The second-order valence-electron chi connectivity index (χ2n) is 4.44. The van der Waals surface area contributed by atoms with Gasteiger partial charge in [-0.15, -0.1) is 0 Å². The Morgan fingerprint density at radius 2 is 1.83 bits per heavy atom. The van der Waals surface area contributed by atoms with Crippen LogP contribution in [0, 0.1) is 0 Å². The summed E-state index contributed by atoms with van der Waals surface area (Å²) in [6, 6.07) is 6.71. The van der Waals surface area contributed by atoms with Gasteiger partial charge in [0.05, 0.1) is 4.90 Å². The predicted molar refractivity (Wildman–Crippen MR) is 75.3 cm³/mol. The Morgan fingerprint density at radius 3 is 2.33 bits per heavy atom. The van der Waals surface area contributed by atoms with Crippen molar-refractivity contribution in [1.82, 2.24) is 4.72 Å². The van der Waals surface area contributed by atoms with Crippen molar-refractivity contribution in [2.45, 2.75) is 44.0 Å². The zero-order chi connectivity index (χ0) is 13.6. The molecule has 0 radical (unpaired) electrons. The van der Waals surface area contributed by atoms with Gasteiger partial charge in [-0.05, 0) is 37.6 Å². The third kappa shape index (κ3) is 4.31. The molecule has 0 heterocycles. The van der Waals surface area contributed by atoms with Gasteiger partial charge in [0.25, 0.3) is 0 Å². The molecule has 1 aromatic carbocycles. The van der Waals surface area contributed by atoms with Gasteiger partial charge in [-0.2, -0.15) is 0 Å². The number of anilines is 1. The molecular weight excluding hydrogens is 248 g/mol. The van der Waals surface area contributed by atoms with Crippen LogP contribution in [0.5, 0.6) is 0 Å². The lowest BCUT2D eigenvalue weighted by Gasteiger charge is -2.14. The Balaban J connectivity index is 2.73. The Hall–Kier alpha value is -1.07. The highest BCUT2D eigenvalue weighted by Gasteiger charge is 2.16. The van der Waals surface area contributed by atoms with E-state index in [4.69, 9.17) is 0 Å². The Labute approximate surface area is 110 Å². The maximum Gasteiger partial charge on any atom is 0.240 e. The van der Waals surface area contributed by atoms with Crippen molar-refractivity contribution < 1.29 is 8.42 Å². The topological polar surface area (TPSA) is 58.2 Å². The normalized spacial score (nSPS) is 13.3. The summed E-state index contributed by atoms with van der Waals surface area (Å²) in [6.45, 7) is 3.99. The van der Waals surface area contributed by atoms with Crippen molar-refractivity contribution in [3.8, 4) is 0 Å². The molecule has 4 nitrogen and oxygen atoms in total. The molecule has 0 amide bonds. The SMILES string of the molecule is CCCCC(C)NS(=O)(=O)c1ccc(NC)cc1. The molecule has 1 unspecified atom stereocenters. The largest absolute Gasteiger partial charge is 0.388 e. The van der Waals surface area contributed by atoms with Crippen LogP contribution in [0.25, 0.3) is 0 Å².